The Balaban J connectivity index is 1.43. The van der Waals surface area contributed by atoms with Crippen LogP contribution in [-0.2, 0) is 22.5 Å². The van der Waals surface area contributed by atoms with Gasteiger partial charge in [0.15, 0.2) is 17.4 Å². The number of benzene rings is 2. The molecule has 1 aliphatic rings. The lowest BCUT2D eigenvalue weighted by Gasteiger charge is -2.29. The highest BCUT2D eigenvalue weighted by Gasteiger charge is 2.36. The lowest BCUT2D eigenvalue weighted by molar-refractivity contribution is -0.136. The summed E-state index contributed by atoms with van der Waals surface area (Å²) in [5.41, 5.74) is 2.74. The molecule has 3 aromatic rings. The molecule has 238 valence electrons. The van der Waals surface area contributed by atoms with E-state index in [-0.39, 0.29) is 36.7 Å². The number of thiazole rings is 1. The Labute approximate surface area is 265 Å². The minimum atomic E-state index is -0.975. The number of halogens is 3. The van der Waals surface area contributed by atoms with E-state index < -0.39 is 35.0 Å². The van der Waals surface area contributed by atoms with Gasteiger partial charge in [-0.25, -0.2) is 18.6 Å². The Hall–Kier alpha value is -3.44. The molecular formula is C32H38ClF2N3O5S. The number of nitrogens with zero attached hydrogens (tertiary/aromatic N) is 2. The van der Waals surface area contributed by atoms with Gasteiger partial charge >= 0.3 is 6.09 Å². The van der Waals surface area contributed by atoms with Crippen molar-refractivity contribution < 1.29 is 32.6 Å². The van der Waals surface area contributed by atoms with Crippen LogP contribution in [0.15, 0.2) is 36.5 Å². The molecule has 0 aliphatic heterocycles. The van der Waals surface area contributed by atoms with Crippen LogP contribution >= 0.6 is 22.9 Å². The summed E-state index contributed by atoms with van der Waals surface area (Å²) >= 11 is 6.95. The Morgan fingerprint density at radius 1 is 1.14 bits per heavy atom. The fraction of sp³-hybridized carbons (Fsp3) is 0.469. The normalized spacial score (nSPS) is 13.7. The van der Waals surface area contributed by atoms with Gasteiger partial charge in [0.05, 0.1) is 10.9 Å². The SMILES string of the molecule is Cc1cccc(CN(C(=O)C(CNC(=O)OC(C)(C)C)Cc2cnc(OCCOc3c(F)ccc(Cl)c3F)s2)C2CC2)c1C. The van der Waals surface area contributed by atoms with Gasteiger partial charge in [0.2, 0.25) is 5.91 Å². The van der Waals surface area contributed by atoms with Crippen molar-refractivity contribution in [3.63, 3.8) is 0 Å². The largest absolute Gasteiger partial charge is 0.484 e. The van der Waals surface area contributed by atoms with Crippen LogP contribution in [0.4, 0.5) is 13.6 Å². The fourth-order valence-electron chi connectivity index (χ4n) is 4.55. The van der Waals surface area contributed by atoms with Crippen LogP contribution in [0.5, 0.6) is 10.9 Å². The predicted octanol–water partition coefficient (Wildman–Crippen LogP) is 7.02. The van der Waals surface area contributed by atoms with Crippen molar-refractivity contribution in [2.24, 2.45) is 5.92 Å². The molecule has 1 saturated carbocycles. The summed E-state index contributed by atoms with van der Waals surface area (Å²) in [5, 5.41) is 2.85. The molecule has 2 aromatic carbocycles. The Kier molecular flexibility index (Phi) is 11.1. The first-order chi connectivity index (χ1) is 20.8. The zero-order chi connectivity index (χ0) is 32.0. The van der Waals surface area contributed by atoms with Gasteiger partial charge in [-0.3, -0.25) is 4.79 Å². The third-order valence-corrected chi connectivity index (χ3v) is 8.33. The number of ether oxygens (including phenoxy) is 3. The number of aryl methyl sites for hydroxylation is 1. The topological polar surface area (TPSA) is 90.0 Å². The summed E-state index contributed by atoms with van der Waals surface area (Å²) in [5.74, 6) is -3.03. The lowest BCUT2D eigenvalue weighted by atomic mass is 10.00. The average Bonchev–Trinajstić information content (AvgIpc) is 3.70. The summed E-state index contributed by atoms with van der Waals surface area (Å²) in [6.45, 7) is 9.87. The average molecular weight is 650 g/mol. The van der Waals surface area contributed by atoms with E-state index in [4.69, 9.17) is 25.8 Å². The second-order valence-electron chi connectivity index (χ2n) is 11.8. The van der Waals surface area contributed by atoms with Gasteiger partial charge in [-0.15, -0.1) is 0 Å². The molecule has 1 aromatic heterocycles. The van der Waals surface area contributed by atoms with Crippen LogP contribution in [0, 0.1) is 31.4 Å². The maximum atomic E-state index is 14.1. The van der Waals surface area contributed by atoms with Gasteiger partial charge in [-0.2, -0.15) is 0 Å². The zero-order valence-electron chi connectivity index (χ0n) is 25.5. The molecule has 1 unspecified atom stereocenters. The number of hydrogen-bond donors (Lipinski definition) is 1. The predicted molar refractivity (Wildman–Crippen MR) is 165 cm³/mol. The molecule has 0 saturated heterocycles. The molecule has 2 amide bonds. The molecule has 1 heterocycles. The highest BCUT2D eigenvalue weighted by atomic mass is 35.5. The van der Waals surface area contributed by atoms with Gasteiger partial charge in [0.1, 0.15) is 18.8 Å². The number of amides is 2. The summed E-state index contributed by atoms with van der Waals surface area (Å²) < 4.78 is 44.2. The molecule has 1 aliphatic carbocycles. The number of hydrogen-bond acceptors (Lipinski definition) is 7. The lowest BCUT2D eigenvalue weighted by Crippen LogP contribution is -2.44. The van der Waals surface area contributed by atoms with Crippen molar-refractivity contribution in [3.05, 3.63) is 74.8 Å². The number of carbonyl (C=O) groups is 2. The van der Waals surface area contributed by atoms with Crippen LogP contribution in [0.3, 0.4) is 0 Å². The molecule has 0 radical (unpaired) electrons. The van der Waals surface area contributed by atoms with Crippen LogP contribution in [0.2, 0.25) is 5.02 Å². The molecule has 0 bridgehead atoms. The summed E-state index contributed by atoms with van der Waals surface area (Å²) in [7, 11) is 0. The molecule has 12 heteroatoms. The maximum absolute atomic E-state index is 14.1. The number of aromatic nitrogens is 1. The molecule has 1 fully saturated rings. The van der Waals surface area contributed by atoms with Crippen molar-refractivity contribution >= 4 is 34.9 Å². The fourth-order valence-corrected chi connectivity index (χ4v) is 5.56. The molecule has 0 spiro atoms. The maximum Gasteiger partial charge on any atom is 0.407 e. The summed E-state index contributed by atoms with van der Waals surface area (Å²) in [6, 6.07) is 8.39. The van der Waals surface area contributed by atoms with E-state index in [1.165, 1.54) is 16.9 Å². The zero-order valence-corrected chi connectivity index (χ0v) is 27.1. The Bertz CT molecular complexity index is 1470. The highest BCUT2D eigenvalue weighted by Crippen LogP contribution is 2.32. The second-order valence-corrected chi connectivity index (χ2v) is 13.3. The van der Waals surface area contributed by atoms with E-state index in [9.17, 15) is 18.4 Å². The number of nitrogens with one attached hydrogen (secondary N) is 1. The first-order valence-corrected chi connectivity index (χ1v) is 15.7. The minimum Gasteiger partial charge on any atom is -0.484 e. The quantitative estimate of drug-likeness (QED) is 0.158. The highest BCUT2D eigenvalue weighted by molar-refractivity contribution is 7.13. The number of carbonyl (C=O) groups excluding carboxylic acids is 2. The van der Waals surface area contributed by atoms with E-state index in [1.807, 2.05) is 17.0 Å². The van der Waals surface area contributed by atoms with Gasteiger partial charge in [0, 0.05) is 30.2 Å². The van der Waals surface area contributed by atoms with Crippen LogP contribution in [-0.4, -0.2) is 53.3 Å². The monoisotopic (exact) mass is 649 g/mol. The first kappa shape index (κ1) is 33.5. The van der Waals surface area contributed by atoms with Gasteiger partial charge in [-0.05, 0) is 82.7 Å². The third-order valence-electron chi connectivity index (χ3n) is 7.11. The first-order valence-electron chi connectivity index (χ1n) is 14.5. The molecular weight excluding hydrogens is 612 g/mol. The standard InChI is InChI=1S/C32H38ClF2N3O5S/c1-19-7-6-8-21(20(19)2)18-38(23-9-10-23)29(39)22(16-36-30(40)43-32(3,4)5)15-24-17-37-31(44-24)42-14-13-41-28-26(34)12-11-25(33)27(28)35/h6-8,11-12,17,22-23H,9-10,13-16,18H2,1-5H3,(H,36,40). The Morgan fingerprint density at radius 2 is 1.86 bits per heavy atom. The Morgan fingerprint density at radius 3 is 2.57 bits per heavy atom. The van der Waals surface area contributed by atoms with E-state index >= 15 is 0 Å². The van der Waals surface area contributed by atoms with E-state index in [1.54, 1.807) is 27.0 Å². The van der Waals surface area contributed by atoms with Gasteiger partial charge in [0.25, 0.3) is 5.19 Å². The van der Waals surface area contributed by atoms with Crippen LogP contribution in [0.25, 0.3) is 0 Å². The van der Waals surface area contributed by atoms with E-state index in [0.717, 1.165) is 41.0 Å². The van der Waals surface area contributed by atoms with Crippen molar-refractivity contribution in [1.82, 2.24) is 15.2 Å². The van der Waals surface area contributed by atoms with Crippen molar-refractivity contribution in [2.75, 3.05) is 19.8 Å². The second kappa shape index (κ2) is 14.6. The third kappa shape index (κ3) is 9.28. The molecule has 8 nitrogen and oxygen atoms in total. The molecule has 1 atom stereocenters. The van der Waals surface area contributed by atoms with Crippen molar-refractivity contribution in [3.8, 4) is 10.9 Å². The smallest absolute Gasteiger partial charge is 0.407 e. The molecule has 44 heavy (non-hydrogen) atoms. The van der Waals surface area contributed by atoms with E-state index in [2.05, 4.69) is 30.2 Å². The van der Waals surface area contributed by atoms with Crippen molar-refractivity contribution in [2.45, 2.75) is 72.1 Å². The van der Waals surface area contributed by atoms with Crippen molar-refractivity contribution in [1.29, 1.82) is 0 Å². The van der Waals surface area contributed by atoms with Gasteiger partial charge in [-0.1, -0.05) is 41.1 Å². The molecule has 1 N–H and O–H groups in total. The van der Waals surface area contributed by atoms with Crippen LogP contribution in [0.1, 0.15) is 55.2 Å². The van der Waals surface area contributed by atoms with Crippen LogP contribution < -0.4 is 14.8 Å². The summed E-state index contributed by atoms with van der Waals surface area (Å²) in [6.07, 6.45) is 3.22. The van der Waals surface area contributed by atoms with E-state index in [0.29, 0.717) is 18.2 Å². The minimum absolute atomic E-state index is 0.0216. The number of rotatable bonds is 13. The molecule has 4 rings (SSSR count). The number of alkyl carbamates (subject to hydrolysis) is 1. The van der Waals surface area contributed by atoms with Gasteiger partial charge < -0.3 is 24.4 Å². The summed E-state index contributed by atoms with van der Waals surface area (Å²) in [4.78, 5) is 33.5.